The summed E-state index contributed by atoms with van der Waals surface area (Å²) in [5, 5.41) is 0. The van der Waals surface area contributed by atoms with Crippen molar-refractivity contribution in [1.82, 2.24) is 0 Å². The zero-order chi connectivity index (χ0) is 14.5. The van der Waals surface area contributed by atoms with E-state index >= 15 is 0 Å². The zero-order valence-electron chi connectivity index (χ0n) is 9.46. The Labute approximate surface area is 141 Å². The molecule has 108 valence electrons. The fourth-order valence-corrected chi connectivity index (χ4v) is 1.57. The molecule has 0 aromatic heterocycles. The van der Waals surface area contributed by atoms with Crippen LogP contribution in [0.1, 0.15) is 11.9 Å². The molecule has 0 saturated carbocycles. The van der Waals surface area contributed by atoms with Crippen molar-refractivity contribution in [2.45, 2.75) is 13.9 Å². The molecule has 0 atom stereocenters. The van der Waals surface area contributed by atoms with Gasteiger partial charge in [-0.2, -0.15) is 0 Å². The summed E-state index contributed by atoms with van der Waals surface area (Å²) in [5.41, 5.74) is 0.728. The van der Waals surface area contributed by atoms with Gasteiger partial charge in [-0.15, -0.1) is 0 Å². The van der Waals surface area contributed by atoms with E-state index in [1.165, 1.54) is 0 Å². The summed E-state index contributed by atoms with van der Waals surface area (Å²) in [5.74, 6) is 0. The summed E-state index contributed by atoms with van der Waals surface area (Å²) in [6.45, 7) is -0.311. The van der Waals surface area contributed by atoms with Gasteiger partial charge in [-0.1, -0.05) is 99.9 Å². The molecule has 0 heterocycles. The summed E-state index contributed by atoms with van der Waals surface area (Å²) in [6.07, 6.45) is -0.785. The molecular weight excluding hydrogens is 377 g/mol. The lowest BCUT2D eigenvalue weighted by Gasteiger charge is -2.23. The van der Waals surface area contributed by atoms with Crippen molar-refractivity contribution < 1.29 is 9.47 Å². The second-order valence-electron chi connectivity index (χ2n) is 3.59. The van der Waals surface area contributed by atoms with Gasteiger partial charge in [0.15, 0.2) is 6.29 Å². The van der Waals surface area contributed by atoms with Gasteiger partial charge in [-0.25, -0.2) is 0 Å². The van der Waals surface area contributed by atoms with Crippen molar-refractivity contribution in [3.63, 3.8) is 0 Å². The minimum Gasteiger partial charge on any atom is -0.344 e. The minimum absolute atomic E-state index is 0.156. The molecule has 0 aliphatic rings. The third-order valence-corrected chi connectivity index (χ3v) is 2.52. The highest BCUT2D eigenvalue weighted by Crippen LogP contribution is 2.32. The molecule has 19 heavy (non-hydrogen) atoms. The molecule has 0 aliphatic carbocycles. The Bertz CT molecular complexity index is 355. The summed E-state index contributed by atoms with van der Waals surface area (Å²) < 4.78 is 7.70. The Kier molecular flexibility index (Phi) is 7.33. The summed E-state index contributed by atoms with van der Waals surface area (Å²) in [4.78, 5) is 0. The van der Waals surface area contributed by atoms with Gasteiger partial charge in [0.2, 0.25) is 7.59 Å². The quantitative estimate of drug-likeness (QED) is 0.494. The first kappa shape index (κ1) is 17.9. The van der Waals surface area contributed by atoms with Crippen LogP contribution in [0.25, 0.3) is 0 Å². The molecular formula is C11H10Cl6O2. The van der Waals surface area contributed by atoms with Crippen LogP contribution in [0.3, 0.4) is 0 Å². The zero-order valence-corrected chi connectivity index (χ0v) is 14.0. The highest BCUT2D eigenvalue weighted by molar-refractivity contribution is 6.68. The Balaban J connectivity index is 2.68. The van der Waals surface area contributed by atoms with Gasteiger partial charge in [0, 0.05) is 5.56 Å². The number of hydrogen-bond donors (Lipinski definition) is 0. The lowest BCUT2D eigenvalue weighted by atomic mass is 10.2. The lowest BCUT2D eigenvalue weighted by Crippen LogP contribution is -2.22. The number of ether oxygens (including phenoxy) is 2. The van der Waals surface area contributed by atoms with Crippen molar-refractivity contribution >= 4 is 69.6 Å². The molecule has 8 heteroatoms. The molecule has 1 aromatic rings. The van der Waals surface area contributed by atoms with E-state index in [0.29, 0.717) is 0 Å². The summed E-state index contributed by atoms with van der Waals surface area (Å²) >= 11 is 33.8. The maximum atomic E-state index is 5.63. The van der Waals surface area contributed by atoms with Crippen LogP contribution in [0.5, 0.6) is 0 Å². The molecule has 0 fully saturated rings. The average molecular weight is 387 g/mol. The van der Waals surface area contributed by atoms with Crippen molar-refractivity contribution in [1.29, 1.82) is 0 Å². The van der Waals surface area contributed by atoms with E-state index < -0.39 is 13.9 Å². The second kappa shape index (κ2) is 7.77. The molecule has 0 amide bonds. The topological polar surface area (TPSA) is 18.5 Å². The average Bonchev–Trinajstić information content (AvgIpc) is 2.27. The largest absolute Gasteiger partial charge is 0.344 e. The van der Waals surface area contributed by atoms with Crippen LogP contribution in [-0.4, -0.2) is 20.8 Å². The van der Waals surface area contributed by atoms with E-state index in [2.05, 4.69) is 0 Å². The molecule has 0 unspecified atom stereocenters. The van der Waals surface area contributed by atoms with Gasteiger partial charge in [-0.3, -0.25) is 0 Å². The Morgan fingerprint density at radius 1 is 0.789 bits per heavy atom. The highest BCUT2D eigenvalue weighted by Gasteiger charge is 2.27. The predicted octanol–water partition coefficient (Wildman–Crippen LogP) is 5.46. The monoisotopic (exact) mass is 384 g/mol. The highest BCUT2D eigenvalue weighted by atomic mass is 35.6. The molecule has 0 N–H and O–H groups in total. The standard InChI is InChI=1S/C11H10Cl6O2/c12-10(13,14)6-18-9(19-7-11(15,16)17)8-4-2-1-3-5-8/h1-5,9H,6-7H2. The predicted molar refractivity (Wildman–Crippen MR) is 81.7 cm³/mol. The van der Waals surface area contributed by atoms with Crippen LogP contribution in [0.15, 0.2) is 30.3 Å². The van der Waals surface area contributed by atoms with Gasteiger partial charge in [0.25, 0.3) is 0 Å². The molecule has 0 spiro atoms. The normalized spacial score (nSPS) is 13.0. The van der Waals surface area contributed by atoms with E-state index in [4.69, 9.17) is 79.1 Å². The van der Waals surface area contributed by atoms with E-state index in [0.717, 1.165) is 5.56 Å². The van der Waals surface area contributed by atoms with E-state index in [9.17, 15) is 0 Å². The number of benzene rings is 1. The third-order valence-electron chi connectivity index (χ3n) is 1.87. The Hall–Kier alpha value is 0.880. The van der Waals surface area contributed by atoms with Gasteiger partial charge in [0.05, 0.1) is 13.2 Å². The lowest BCUT2D eigenvalue weighted by molar-refractivity contribution is -0.144. The van der Waals surface area contributed by atoms with Crippen LogP contribution in [-0.2, 0) is 9.47 Å². The van der Waals surface area contributed by atoms with Crippen molar-refractivity contribution in [2.24, 2.45) is 0 Å². The van der Waals surface area contributed by atoms with Gasteiger partial charge in [0.1, 0.15) is 0 Å². The number of hydrogen-bond acceptors (Lipinski definition) is 2. The van der Waals surface area contributed by atoms with Gasteiger partial charge >= 0.3 is 0 Å². The minimum atomic E-state index is -1.55. The third kappa shape index (κ3) is 8.69. The fourth-order valence-electron chi connectivity index (χ4n) is 1.19. The van der Waals surface area contributed by atoms with Crippen molar-refractivity contribution in [2.75, 3.05) is 13.2 Å². The molecule has 2 nitrogen and oxygen atoms in total. The van der Waals surface area contributed by atoms with Crippen LogP contribution in [0.2, 0.25) is 0 Å². The Morgan fingerprint density at radius 3 is 1.58 bits per heavy atom. The molecule has 0 saturated heterocycles. The molecule has 1 rings (SSSR count). The van der Waals surface area contributed by atoms with Crippen LogP contribution < -0.4 is 0 Å². The van der Waals surface area contributed by atoms with Crippen molar-refractivity contribution in [3.8, 4) is 0 Å². The van der Waals surface area contributed by atoms with E-state index in [1.54, 1.807) is 12.1 Å². The number of rotatable bonds is 5. The van der Waals surface area contributed by atoms with Crippen LogP contribution >= 0.6 is 69.6 Å². The van der Waals surface area contributed by atoms with E-state index in [1.807, 2.05) is 18.2 Å². The molecule has 0 aliphatic heterocycles. The van der Waals surface area contributed by atoms with Crippen LogP contribution in [0.4, 0.5) is 0 Å². The summed E-state index contributed by atoms with van der Waals surface area (Å²) in [7, 11) is 0. The smallest absolute Gasteiger partial charge is 0.213 e. The maximum Gasteiger partial charge on any atom is 0.213 e. The molecule has 0 radical (unpaired) electrons. The fraction of sp³-hybridized carbons (Fsp3) is 0.455. The first-order chi connectivity index (χ1) is 8.67. The number of halogens is 6. The van der Waals surface area contributed by atoms with Crippen LogP contribution in [0, 0.1) is 0 Å². The maximum absolute atomic E-state index is 5.63. The first-order valence-electron chi connectivity index (χ1n) is 5.09. The van der Waals surface area contributed by atoms with Gasteiger partial charge < -0.3 is 9.47 Å². The Morgan fingerprint density at radius 2 is 1.21 bits per heavy atom. The van der Waals surface area contributed by atoms with E-state index in [-0.39, 0.29) is 13.2 Å². The van der Waals surface area contributed by atoms with Gasteiger partial charge in [-0.05, 0) is 0 Å². The summed E-state index contributed by atoms with van der Waals surface area (Å²) in [6, 6.07) is 9.08. The molecule has 0 bridgehead atoms. The SMILES string of the molecule is ClC(Cl)(Cl)COC(OCC(Cl)(Cl)Cl)c1ccccc1. The first-order valence-corrected chi connectivity index (χ1v) is 7.36. The van der Waals surface area contributed by atoms with Crippen molar-refractivity contribution in [3.05, 3.63) is 35.9 Å². The number of alkyl halides is 6. The second-order valence-corrected chi connectivity index (χ2v) is 8.63. The molecule has 1 aromatic carbocycles.